The van der Waals surface area contributed by atoms with E-state index in [0.717, 1.165) is 50.9 Å². The van der Waals surface area contributed by atoms with Crippen LogP contribution in [0.1, 0.15) is 90.0 Å². The summed E-state index contributed by atoms with van der Waals surface area (Å²) >= 11 is 0. The van der Waals surface area contributed by atoms with Crippen molar-refractivity contribution >= 4 is 17.7 Å². The highest BCUT2D eigenvalue weighted by Gasteiger charge is 2.34. The zero-order valence-electron chi connectivity index (χ0n) is 28.3. The highest BCUT2D eigenvalue weighted by molar-refractivity contribution is 5.91. The van der Waals surface area contributed by atoms with Crippen LogP contribution in [0.25, 0.3) is 0 Å². The number of nitrogens with zero attached hydrogens (tertiary/aromatic N) is 2. The van der Waals surface area contributed by atoms with Gasteiger partial charge in [-0.1, -0.05) is 76.3 Å². The molecule has 1 aliphatic carbocycles. The Labute approximate surface area is 276 Å². The molecule has 256 valence electrons. The molecule has 1 saturated heterocycles. The molecule has 3 rings (SSSR count). The average Bonchev–Trinajstić information content (AvgIpc) is 3.57. The van der Waals surface area contributed by atoms with E-state index in [0.29, 0.717) is 31.7 Å². The number of benzene rings is 1. The first-order chi connectivity index (χ1) is 22.1. The number of carbonyl (C=O) groups excluding carboxylic acids is 3. The maximum atomic E-state index is 13.8. The van der Waals surface area contributed by atoms with E-state index in [9.17, 15) is 24.6 Å². The average molecular weight is 639 g/mol. The minimum atomic E-state index is -1.14. The molecule has 1 aliphatic heterocycles. The molecule has 9 nitrogen and oxygen atoms in total. The number of rotatable bonds is 18. The molecule has 46 heavy (non-hydrogen) atoms. The number of aliphatic hydroxyl groups is 2. The number of likely N-dealkylation sites (tertiary alicyclic amines) is 1. The van der Waals surface area contributed by atoms with Crippen LogP contribution in [0.2, 0.25) is 0 Å². The van der Waals surface area contributed by atoms with Gasteiger partial charge in [-0.3, -0.25) is 14.4 Å². The summed E-state index contributed by atoms with van der Waals surface area (Å²) < 4.78 is 0. The van der Waals surface area contributed by atoms with Crippen molar-refractivity contribution in [1.29, 1.82) is 0 Å². The first-order valence-electron chi connectivity index (χ1n) is 17.5. The Kier molecular flexibility index (Phi) is 16.0. The van der Waals surface area contributed by atoms with Crippen LogP contribution in [0.3, 0.4) is 0 Å². The first-order valence-corrected chi connectivity index (χ1v) is 17.5. The Morgan fingerprint density at radius 2 is 1.67 bits per heavy atom. The Hall–Kier alpha value is -2.93. The fourth-order valence-corrected chi connectivity index (χ4v) is 6.80. The predicted molar refractivity (Wildman–Crippen MR) is 182 cm³/mol. The van der Waals surface area contributed by atoms with E-state index in [1.165, 1.54) is 19.3 Å². The summed E-state index contributed by atoms with van der Waals surface area (Å²) in [4.78, 5) is 44.8. The highest BCUT2D eigenvalue weighted by Crippen LogP contribution is 2.29. The van der Waals surface area contributed by atoms with Gasteiger partial charge in [-0.05, 0) is 62.6 Å². The molecule has 1 heterocycles. The lowest BCUT2D eigenvalue weighted by molar-refractivity contribution is -0.137. The van der Waals surface area contributed by atoms with E-state index < -0.39 is 42.0 Å². The van der Waals surface area contributed by atoms with Crippen molar-refractivity contribution in [1.82, 2.24) is 20.4 Å². The summed E-state index contributed by atoms with van der Waals surface area (Å²) in [6.07, 6.45) is 12.6. The fraction of sp³-hybridized carbons (Fsp3) is 0.703. The summed E-state index contributed by atoms with van der Waals surface area (Å²) in [5.41, 5.74) is 0.919. The summed E-state index contributed by atoms with van der Waals surface area (Å²) in [7, 11) is 1.77. The molecule has 0 aromatic heterocycles. The van der Waals surface area contributed by atoms with Crippen LogP contribution in [0.5, 0.6) is 0 Å². The van der Waals surface area contributed by atoms with Gasteiger partial charge in [0.1, 0.15) is 12.1 Å². The van der Waals surface area contributed by atoms with Gasteiger partial charge in [0.15, 0.2) is 0 Å². The van der Waals surface area contributed by atoms with Crippen LogP contribution in [0.4, 0.5) is 0 Å². The second kappa shape index (κ2) is 19.7. The van der Waals surface area contributed by atoms with E-state index in [2.05, 4.69) is 21.5 Å². The van der Waals surface area contributed by atoms with Gasteiger partial charge in [0.05, 0.1) is 18.1 Å². The number of carbonyl (C=O) groups is 3. The zero-order valence-corrected chi connectivity index (χ0v) is 28.3. The van der Waals surface area contributed by atoms with Crippen molar-refractivity contribution in [3.63, 3.8) is 0 Å². The third kappa shape index (κ3) is 12.7. The number of hydrogen-bond acceptors (Lipinski definition) is 6. The lowest BCUT2D eigenvalue weighted by Crippen LogP contribution is -2.56. The maximum Gasteiger partial charge on any atom is 0.243 e. The number of nitrogens with one attached hydrogen (secondary N) is 2. The van der Waals surface area contributed by atoms with E-state index >= 15 is 0 Å². The van der Waals surface area contributed by atoms with Crippen molar-refractivity contribution < 1.29 is 24.6 Å². The minimum Gasteiger partial charge on any atom is -0.390 e. The van der Waals surface area contributed by atoms with Crippen molar-refractivity contribution in [2.45, 2.75) is 115 Å². The van der Waals surface area contributed by atoms with E-state index in [1.54, 1.807) is 11.9 Å². The highest BCUT2D eigenvalue weighted by atomic mass is 16.3. The van der Waals surface area contributed by atoms with Crippen molar-refractivity contribution in [3.8, 4) is 12.3 Å². The molecule has 2 fully saturated rings. The topological polar surface area (TPSA) is 122 Å². The number of aliphatic hydroxyl groups excluding tert-OH is 2. The molecule has 0 spiro atoms. The van der Waals surface area contributed by atoms with Gasteiger partial charge >= 0.3 is 0 Å². The maximum absolute atomic E-state index is 13.8. The molecule has 1 aromatic carbocycles. The van der Waals surface area contributed by atoms with Crippen molar-refractivity contribution in [2.24, 2.45) is 17.8 Å². The standard InChI is InChI=1S/C37H58N4O5/c1-5-14-31(37(46)39-32(25-29-17-10-7-11-18-29)35(44)33(42)23-27(2)3)38-36(45)30(24-28-15-8-6-9-16-28)26-34(43)40(4)21-22-41-19-12-13-20-41/h1,6,8-9,15-16,27,29-33,35,42,44H,7,10-14,17-26H2,2-4H3,(H,38,45)(H,39,46)/t30-,31+,32+,33+,35-/m1/s1. The van der Waals surface area contributed by atoms with E-state index in [-0.39, 0.29) is 24.7 Å². The summed E-state index contributed by atoms with van der Waals surface area (Å²) in [5.74, 6) is 1.30. The summed E-state index contributed by atoms with van der Waals surface area (Å²) in [6.45, 7) is 7.45. The van der Waals surface area contributed by atoms with Gasteiger partial charge in [0.25, 0.3) is 0 Å². The van der Waals surface area contributed by atoms with Gasteiger partial charge in [0.2, 0.25) is 17.7 Å². The van der Waals surface area contributed by atoms with Gasteiger partial charge in [-0.25, -0.2) is 0 Å². The lowest BCUT2D eigenvalue weighted by Gasteiger charge is -2.33. The lowest BCUT2D eigenvalue weighted by atomic mass is 9.82. The molecule has 2 aliphatic rings. The zero-order chi connectivity index (χ0) is 33.5. The van der Waals surface area contributed by atoms with Crippen LogP contribution in [0, 0.1) is 30.1 Å². The smallest absolute Gasteiger partial charge is 0.243 e. The van der Waals surface area contributed by atoms with Gasteiger partial charge in [-0.2, -0.15) is 0 Å². The molecule has 0 bridgehead atoms. The Balaban J connectivity index is 1.72. The normalized spacial score (nSPS) is 19.1. The van der Waals surface area contributed by atoms with Gasteiger partial charge in [0, 0.05) is 33.0 Å². The second-order valence-electron chi connectivity index (χ2n) is 14.0. The molecule has 9 heteroatoms. The van der Waals surface area contributed by atoms with Crippen LogP contribution in [-0.4, -0.2) is 95.3 Å². The van der Waals surface area contributed by atoms with Crippen LogP contribution < -0.4 is 10.6 Å². The van der Waals surface area contributed by atoms with Crippen molar-refractivity contribution in [3.05, 3.63) is 35.9 Å². The second-order valence-corrected chi connectivity index (χ2v) is 14.0. The minimum absolute atomic E-state index is 0.00599. The van der Waals surface area contributed by atoms with Crippen LogP contribution >= 0.6 is 0 Å². The van der Waals surface area contributed by atoms with Crippen LogP contribution in [-0.2, 0) is 20.8 Å². The third-order valence-electron chi connectivity index (χ3n) is 9.61. The Morgan fingerprint density at radius 3 is 2.30 bits per heavy atom. The van der Waals surface area contributed by atoms with Crippen LogP contribution in [0.15, 0.2) is 30.3 Å². The van der Waals surface area contributed by atoms with E-state index in [1.807, 2.05) is 44.2 Å². The third-order valence-corrected chi connectivity index (χ3v) is 9.61. The molecule has 3 amide bonds. The summed E-state index contributed by atoms with van der Waals surface area (Å²) in [6, 6.07) is 7.83. The Morgan fingerprint density at radius 1 is 1.00 bits per heavy atom. The van der Waals surface area contributed by atoms with E-state index in [4.69, 9.17) is 6.42 Å². The molecular weight excluding hydrogens is 580 g/mol. The fourth-order valence-electron chi connectivity index (χ4n) is 6.80. The molecular formula is C37H58N4O5. The summed E-state index contributed by atoms with van der Waals surface area (Å²) in [5, 5.41) is 27.8. The van der Waals surface area contributed by atoms with Gasteiger partial charge in [-0.15, -0.1) is 12.3 Å². The number of amides is 3. The molecule has 1 aromatic rings. The quantitative estimate of drug-likeness (QED) is 0.183. The number of hydrogen-bond donors (Lipinski definition) is 4. The molecule has 0 radical (unpaired) electrons. The SMILES string of the molecule is C#CC[C@H](NC(=O)[C@@H](CC(=O)N(C)CCN1CCCC1)Cc1ccccc1)C(=O)N[C@@H](CC1CCCCC1)[C@@H](O)[C@@H](O)CC(C)C. The molecule has 1 saturated carbocycles. The van der Waals surface area contributed by atoms with Gasteiger partial charge < -0.3 is 30.6 Å². The largest absolute Gasteiger partial charge is 0.390 e. The number of terminal acetylenes is 1. The van der Waals surface area contributed by atoms with Crippen molar-refractivity contribution in [2.75, 3.05) is 33.2 Å². The molecule has 0 unspecified atom stereocenters. The molecule has 5 atom stereocenters. The monoisotopic (exact) mass is 638 g/mol. The predicted octanol–water partition coefficient (Wildman–Crippen LogP) is 3.52. The number of likely N-dealkylation sites (N-methyl/N-ethyl adjacent to an activating group) is 1. The Bertz CT molecular complexity index is 1110. The molecule has 4 N–H and O–H groups in total. The first kappa shape index (κ1) is 37.5.